The van der Waals surface area contributed by atoms with E-state index in [1.807, 2.05) is 18.3 Å². The number of pyridine rings is 1. The highest BCUT2D eigenvalue weighted by atomic mass is 16.5. The Bertz CT molecular complexity index is 483. The van der Waals surface area contributed by atoms with Gasteiger partial charge >= 0.3 is 6.03 Å². The first-order valence-corrected chi connectivity index (χ1v) is 8.60. The van der Waals surface area contributed by atoms with Crippen molar-refractivity contribution >= 4 is 11.8 Å². The van der Waals surface area contributed by atoms with Crippen LogP contribution in [0.4, 0.5) is 10.6 Å². The molecule has 2 amide bonds. The maximum absolute atomic E-state index is 11.8. The van der Waals surface area contributed by atoms with Crippen LogP contribution in [0.25, 0.3) is 0 Å². The minimum atomic E-state index is -0.0762. The van der Waals surface area contributed by atoms with Crippen LogP contribution in [-0.4, -0.2) is 49.9 Å². The smallest absolute Gasteiger partial charge is 0.314 e. The second-order valence-corrected chi connectivity index (χ2v) is 6.34. The van der Waals surface area contributed by atoms with Crippen LogP contribution in [0.1, 0.15) is 25.7 Å². The Morgan fingerprint density at radius 3 is 2.74 bits per heavy atom. The summed E-state index contributed by atoms with van der Waals surface area (Å²) in [5.41, 5.74) is 0. The van der Waals surface area contributed by atoms with E-state index in [0.29, 0.717) is 12.5 Å². The fraction of sp³-hybridized carbons (Fsp3) is 0.647. The van der Waals surface area contributed by atoms with Crippen molar-refractivity contribution in [1.29, 1.82) is 0 Å². The predicted octanol–water partition coefficient (Wildman–Crippen LogP) is 1.78. The summed E-state index contributed by atoms with van der Waals surface area (Å²) in [6.07, 6.45) is 6.35. The van der Waals surface area contributed by atoms with Gasteiger partial charge in [0.15, 0.2) is 0 Å². The lowest BCUT2D eigenvalue weighted by molar-refractivity contribution is 0.111. The molecule has 3 rings (SSSR count). The molecule has 6 heteroatoms. The lowest BCUT2D eigenvalue weighted by Gasteiger charge is -2.32. The third-order valence-electron chi connectivity index (χ3n) is 4.65. The summed E-state index contributed by atoms with van der Waals surface area (Å²) in [4.78, 5) is 18.5. The van der Waals surface area contributed by atoms with Crippen molar-refractivity contribution in [3.8, 4) is 0 Å². The van der Waals surface area contributed by atoms with Crippen LogP contribution in [0.3, 0.4) is 0 Å². The molecule has 23 heavy (non-hydrogen) atoms. The molecule has 0 radical (unpaired) electrons. The van der Waals surface area contributed by atoms with E-state index in [0.717, 1.165) is 57.7 Å². The third kappa shape index (κ3) is 4.82. The Balaban J connectivity index is 1.32. The Labute approximate surface area is 137 Å². The molecule has 6 nitrogen and oxygen atoms in total. The van der Waals surface area contributed by atoms with Gasteiger partial charge in [0.25, 0.3) is 0 Å². The van der Waals surface area contributed by atoms with E-state index >= 15 is 0 Å². The van der Waals surface area contributed by atoms with E-state index in [2.05, 4.69) is 26.6 Å². The number of ether oxygens (including phenoxy) is 1. The van der Waals surface area contributed by atoms with Crippen LogP contribution in [0.2, 0.25) is 0 Å². The minimum Gasteiger partial charge on any atom is -0.376 e. The quantitative estimate of drug-likeness (QED) is 0.868. The van der Waals surface area contributed by atoms with Crippen LogP contribution >= 0.6 is 0 Å². The lowest BCUT2D eigenvalue weighted by Crippen LogP contribution is -2.43. The Hall–Kier alpha value is -1.82. The molecular weight excluding hydrogens is 292 g/mol. The SMILES string of the molecule is O=C(NCC1CCN(c2ccccn2)CC1)NCC1CCCO1. The van der Waals surface area contributed by atoms with Crippen LogP contribution in [0, 0.1) is 5.92 Å². The summed E-state index contributed by atoms with van der Waals surface area (Å²) in [6, 6.07) is 5.94. The summed E-state index contributed by atoms with van der Waals surface area (Å²) in [5.74, 6) is 1.59. The lowest BCUT2D eigenvalue weighted by atomic mass is 9.97. The first-order valence-electron chi connectivity index (χ1n) is 8.60. The molecule has 0 aliphatic carbocycles. The molecule has 0 bridgehead atoms. The van der Waals surface area contributed by atoms with E-state index in [-0.39, 0.29) is 12.1 Å². The molecule has 2 fully saturated rings. The van der Waals surface area contributed by atoms with E-state index in [4.69, 9.17) is 4.74 Å². The summed E-state index contributed by atoms with van der Waals surface area (Å²) in [6.45, 7) is 4.18. The van der Waals surface area contributed by atoms with Crippen molar-refractivity contribution in [2.24, 2.45) is 5.92 Å². The molecule has 1 aromatic rings. The molecular formula is C17H26N4O2. The Morgan fingerprint density at radius 1 is 1.22 bits per heavy atom. The van der Waals surface area contributed by atoms with E-state index in [1.165, 1.54) is 0 Å². The minimum absolute atomic E-state index is 0.0762. The van der Waals surface area contributed by atoms with Crippen LogP contribution in [0.5, 0.6) is 0 Å². The number of hydrogen-bond acceptors (Lipinski definition) is 4. The predicted molar refractivity (Wildman–Crippen MR) is 89.5 cm³/mol. The number of carbonyl (C=O) groups excluding carboxylic acids is 1. The highest BCUT2D eigenvalue weighted by Crippen LogP contribution is 2.20. The summed E-state index contributed by atoms with van der Waals surface area (Å²) < 4.78 is 5.50. The maximum Gasteiger partial charge on any atom is 0.314 e. The largest absolute Gasteiger partial charge is 0.376 e. The average Bonchev–Trinajstić information content (AvgIpc) is 3.13. The number of nitrogens with one attached hydrogen (secondary N) is 2. The maximum atomic E-state index is 11.8. The van der Waals surface area contributed by atoms with Crippen LogP contribution < -0.4 is 15.5 Å². The number of piperidine rings is 1. The van der Waals surface area contributed by atoms with E-state index in [1.54, 1.807) is 0 Å². The third-order valence-corrected chi connectivity index (χ3v) is 4.65. The fourth-order valence-corrected chi connectivity index (χ4v) is 3.22. The van der Waals surface area contributed by atoms with Crippen molar-refractivity contribution in [2.45, 2.75) is 31.8 Å². The molecule has 1 aromatic heterocycles. The normalized spacial score (nSPS) is 22.1. The molecule has 0 aromatic carbocycles. The number of anilines is 1. The average molecular weight is 318 g/mol. The molecule has 126 valence electrons. The van der Waals surface area contributed by atoms with E-state index in [9.17, 15) is 4.79 Å². The molecule has 2 saturated heterocycles. The van der Waals surface area contributed by atoms with Gasteiger partial charge in [0, 0.05) is 39.0 Å². The Morgan fingerprint density at radius 2 is 2.04 bits per heavy atom. The summed E-state index contributed by atoms with van der Waals surface area (Å²) in [5, 5.41) is 5.89. The van der Waals surface area contributed by atoms with Crippen molar-refractivity contribution < 1.29 is 9.53 Å². The van der Waals surface area contributed by atoms with Gasteiger partial charge in [-0.1, -0.05) is 6.07 Å². The highest BCUT2D eigenvalue weighted by molar-refractivity contribution is 5.73. The Kier molecular flexibility index (Phi) is 5.69. The molecule has 2 aliphatic rings. The number of amides is 2. The van der Waals surface area contributed by atoms with Gasteiger partial charge in [-0.2, -0.15) is 0 Å². The molecule has 3 heterocycles. The fourth-order valence-electron chi connectivity index (χ4n) is 3.22. The second-order valence-electron chi connectivity index (χ2n) is 6.34. The van der Waals surface area contributed by atoms with Crippen molar-refractivity contribution in [1.82, 2.24) is 15.6 Å². The topological polar surface area (TPSA) is 66.5 Å². The van der Waals surface area contributed by atoms with Crippen LogP contribution in [0.15, 0.2) is 24.4 Å². The molecule has 1 unspecified atom stereocenters. The number of carbonyl (C=O) groups is 1. The molecule has 0 saturated carbocycles. The highest BCUT2D eigenvalue weighted by Gasteiger charge is 2.21. The molecule has 1 atom stereocenters. The first kappa shape index (κ1) is 16.1. The zero-order chi connectivity index (χ0) is 15.9. The molecule has 2 aliphatic heterocycles. The van der Waals surface area contributed by atoms with Gasteiger partial charge in [0.05, 0.1) is 6.10 Å². The van der Waals surface area contributed by atoms with Gasteiger partial charge in [0.2, 0.25) is 0 Å². The monoisotopic (exact) mass is 318 g/mol. The zero-order valence-corrected chi connectivity index (χ0v) is 13.5. The molecule has 0 spiro atoms. The second kappa shape index (κ2) is 8.15. The summed E-state index contributed by atoms with van der Waals surface area (Å²) >= 11 is 0. The number of nitrogens with zero attached hydrogens (tertiary/aromatic N) is 2. The van der Waals surface area contributed by atoms with Gasteiger partial charge in [-0.3, -0.25) is 0 Å². The number of aromatic nitrogens is 1. The number of rotatable bonds is 5. The van der Waals surface area contributed by atoms with Crippen molar-refractivity contribution in [3.63, 3.8) is 0 Å². The number of hydrogen-bond donors (Lipinski definition) is 2. The van der Waals surface area contributed by atoms with Gasteiger partial charge in [-0.15, -0.1) is 0 Å². The van der Waals surface area contributed by atoms with E-state index < -0.39 is 0 Å². The first-order chi connectivity index (χ1) is 11.3. The van der Waals surface area contributed by atoms with Gasteiger partial charge in [-0.25, -0.2) is 9.78 Å². The van der Waals surface area contributed by atoms with Crippen molar-refractivity contribution in [2.75, 3.05) is 37.7 Å². The van der Waals surface area contributed by atoms with Gasteiger partial charge in [-0.05, 0) is 43.7 Å². The number of urea groups is 1. The van der Waals surface area contributed by atoms with Crippen LogP contribution in [-0.2, 0) is 4.74 Å². The van der Waals surface area contributed by atoms with Gasteiger partial charge in [0.1, 0.15) is 5.82 Å². The standard InChI is InChI=1S/C17H26N4O2/c22-17(20-13-15-4-3-11-23-15)19-12-14-6-9-21(10-7-14)16-5-1-2-8-18-16/h1-2,5,8,14-15H,3-4,6-7,9-13H2,(H2,19,20,22). The van der Waals surface area contributed by atoms with Crippen molar-refractivity contribution in [3.05, 3.63) is 24.4 Å². The van der Waals surface area contributed by atoms with Gasteiger partial charge < -0.3 is 20.3 Å². The zero-order valence-electron chi connectivity index (χ0n) is 13.5. The molecule has 2 N–H and O–H groups in total. The summed E-state index contributed by atoms with van der Waals surface area (Å²) in [7, 11) is 0.